The van der Waals surface area contributed by atoms with Crippen LogP contribution in [0.1, 0.15) is 38.8 Å². The van der Waals surface area contributed by atoms with Gasteiger partial charge in [-0.25, -0.2) is 19.2 Å². The van der Waals surface area contributed by atoms with E-state index in [0.717, 1.165) is 0 Å². The Labute approximate surface area is 221 Å². The Morgan fingerprint density at radius 2 is 0.974 bits per heavy atom. The topological polar surface area (TPSA) is 105 Å². The molecule has 0 unspecified atom stereocenters. The quantitative estimate of drug-likeness (QED) is 0.169. The predicted molar refractivity (Wildman–Crippen MR) is 144 cm³/mol. The van der Waals surface area contributed by atoms with Gasteiger partial charge in [-0.15, -0.1) is 0 Å². The number of carbonyl (C=O) groups is 4. The van der Waals surface area contributed by atoms with Crippen molar-refractivity contribution < 1.29 is 38.1 Å². The molecule has 0 atom stereocenters. The van der Waals surface area contributed by atoms with Gasteiger partial charge in [-0.2, -0.15) is 0 Å². The van der Waals surface area contributed by atoms with E-state index in [4.69, 9.17) is 18.9 Å². The number of hydrogen-bond acceptors (Lipinski definition) is 8. The second kappa shape index (κ2) is 12.8. The van der Waals surface area contributed by atoms with Gasteiger partial charge >= 0.3 is 23.9 Å². The van der Waals surface area contributed by atoms with E-state index in [1.165, 1.54) is 58.0 Å². The molecular formula is C30H28O8. The number of esters is 4. The minimum Gasteiger partial charge on any atom is -0.423 e. The van der Waals surface area contributed by atoms with E-state index in [9.17, 15) is 19.2 Å². The lowest BCUT2D eigenvalue weighted by Crippen LogP contribution is -2.11. The minimum atomic E-state index is -0.675. The fourth-order valence-corrected chi connectivity index (χ4v) is 2.57. The van der Waals surface area contributed by atoms with Gasteiger partial charge in [-0.05, 0) is 57.5 Å². The van der Waals surface area contributed by atoms with Crippen molar-refractivity contribution in [2.75, 3.05) is 0 Å². The van der Waals surface area contributed by atoms with E-state index in [2.05, 4.69) is 26.3 Å². The Morgan fingerprint density at radius 1 is 0.553 bits per heavy atom. The zero-order valence-corrected chi connectivity index (χ0v) is 21.7. The van der Waals surface area contributed by atoms with Crippen molar-refractivity contribution in [2.24, 2.45) is 0 Å². The summed E-state index contributed by atoms with van der Waals surface area (Å²) in [4.78, 5) is 48.2. The van der Waals surface area contributed by atoms with Crippen LogP contribution in [0.5, 0.6) is 23.0 Å². The zero-order chi connectivity index (χ0) is 28.6. The maximum absolute atomic E-state index is 12.2. The summed E-state index contributed by atoms with van der Waals surface area (Å²) in [7, 11) is 0. The van der Waals surface area contributed by atoms with Crippen LogP contribution >= 0.6 is 0 Å². The first kappa shape index (κ1) is 29.3. The molecule has 8 heteroatoms. The largest absolute Gasteiger partial charge is 0.423 e. The molecule has 0 saturated carbocycles. The second-order valence-electron chi connectivity index (χ2n) is 8.45. The normalized spacial score (nSPS) is 10.3. The van der Waals surface area contributed by atoms with Crippen LogP contribution in [0.4, 0.5) is 0 Å². The molecule has 2 aromatic rings. The first-order valence-electron chi connectivity index (χ1n) is 11.2. The molecule has 38 heavy (non-hydrogen) atoms. The van der Waals surface area contributed by atoms with Gasteiger partial charge in [0, 0.05) is 40.0 Å². The van der Waals surface area contributed by atoms with Gasteiger partial charge in [-0.1, -0.05) is 38.5 Å². The summed E-state index contributed by atoms with van der Waals surface area (Å²) in [6.07, 6.45) is 3.22. The zero-order valence-electron chi connectivity index (χ0n) is 21.7. The highest BCUT2D eigenvalue weighted by atomic mass is 16.6. The van der Waals surface area contributed by atoms with Crippen molar-refractivity contribution in [1.29, 1.82) is 0 Å². The molecule has 0 aliphatic heterocycles. The van der Waals surface area contributed by atoms with Gasteiger partial charge in [0.25, 0.3) is 0 Å². The summed E-state index contributed by atoms with van der Waals surface area (Å²) < 4.78 is 21.3. The molecule has 0 N–H and O–H groups in total. The molecule has 196 valence electrons. The van der Waals surface area contributed by atoms with Crippen LogP contribution in [-0.4, -0.2) is 23.9 Å². The van der Waals surface area contributed by atoms with Crippen molar-refractivity contribution >= 4 is 36.0 Å². The predicted octanol–water partition coefficient (Wildman–Crippen LogP) is 5.78. The van der Waals surface area contributed by atoms with Gasteiger partial charge in [0.05, 0.1) is 0 Å². The smallest absolute Gasteiger partial charge is 0.338 e. The molecule has 2 rings (SSSR count). The maximum atomic E-state index is 12.2. The Kier molecular flexibility index (Phi) is 9.87. The summed E-state index contributed by atoms with van der Waals surface area (Å²) >= 11 is 0. The molecule has 0 radical (unpaired) electrons. The van der Waals surface area contributed by atoms with Crippen LogP contribution in [0, 0.1) is 0 Å². The number of ether oxygens (including phenoxy) is 4. The number of benzene rings is 2. The minimum absolute atomic E-state index is 0.0973. The first-order chi connectivity index (χ1) is 17.8. The molecule has 8 nitrogen and oxygen atoms in total. The van der Waals surface area contributed by atoms with Gasteiger partial charge in [0.2, 0.25) is 0 Å². The Hall–Kier alpha value is -4.98. The van der Waals surface area contributed by atoms with Gasteiger partial charge < -0.3 is 18.9 Å². The van der Waals surface area contributed by atoms with E-state index in [1.54, 1.807) is 18.2 Å². The summed E-state index contributed by atoms with van der Waals surface area (Å²) in [6.45, 7) is 20.2. The SMILES string of the molecule is C=C(C)C(=O)Oc1cc(/C=C/c2ccc(OC(=O)C(=C)C)cc2OC(=O)C(=C)C)cc(OC(=O)C(=C)C)c1. The first-order valence-corrected chi connectivity index (χ1v) is 11.2. The highest BCUT2D eigenvalue weighted by Gasteiger charge is 2.14. The fourth-order valence-electron chi connectivity index (χ4n) is 2.57. The Balaban J connectivity index is 2.50. The molecule has 0 spiro atoms. The molecule has 2 aromatic carbocycles. The van der Waals surface area contributed by atoms with Crippen molar-refractivity contribution in [2.45, 2.75) is 27.7 Å². The van der Waals surface area contributed by atoms with Crippen molar-refractivity contribution in [1.82, 2.24) is 0 Å². The van der Waals surface area contributed by atoms with Crippen LogP contribution in [0.25, 0.3) is 12.2 Å². The van der Waals surface area contributed by atoms with Crippen LogP contribution in [-0.2, 0) is 19.2 Å². The molecular weight excluding hydrogens is 488 g/mol. The van der Waals surface area contributed by atoms with Crippen molar-refractivity contribution in [3.8, 4) is 23.0 Å². The molecule has 0 fully saturated rings. The fraction of sp³-hybridized carbons (Fsp3) is 0.133. The van der Waals surface area contributed by atoms with Gasteiger partial charge in [0.15, 0.2) is 0 Å². The summed E-state index contributed by atoms with van der Waals surface area (Å²) in [6, 6.07) is 8.93. The molecule has 0 aromatic heterocycles. The van der Waals surface area contributed by atoms with Crippen LogP contribution in [0.15, 0.2) is 85.0 Å². The van der Waals surface area contributed by atoms with Crippen LogP contribution in [0.2, 0.25) is 0 Å². The monoisotopic (exact) mass is 516 g/mol. The second-order valence-corrected chi connectivity index (χ2v) is 8.45. The molecule has 0 heterocycles. The average Bonchev–Trinajstić information content (AvgIpc) is 2.83. The number of carbonyl (C=O) groups excluding carboxylic acids is 4. The lowest BCUT2D eigenvalue weighted by molar-refractivity contribution is -0.131. The Bertz CT molecular complexity index is 1340. The van der Waals surface area contributed by atoms with Gasteiger partial charge in [0.1, 0.15) is 23.0 Å². The van der Waals surface area contributed by atoms with E-state index in [0.29, 0.717) is 11.1 Å². The van der Waals surface area contributed by atoms with E-state index >= 15 is 0 Å². The molecule has 0 amide bonds. The average molecular weight is 517 g/mol. The highest BCUT2D eigenvalue weighted by Crippen LogP contribution is 2.30. The molecule has 0 aliphatic carbocycles. The summed E-state index contributed by atoms with van der Waals surface area (Å²) in [5.41, 5.74) is 1.66. The lowest BCUT2D eigenvalue weighted by Gasteiger charge is -2.11. The van der Waals surface area contributed by atoms with Crippen LogP contribution < -0.4 is 18.9 Å². The number of hydrogen-bond donors (Lipinski definition) is 0. The maximum Gasteiger partial charge on any atom is 0.338 e. The van der Waals surface area contributed by atoms with Crippen molar-refractivity contribution in [3.63, 3.8) is 0 Å². The number of rotatable bonds is 10. The highest BCUT2D eigenvalue weighted by molar-refractivity contribution is 5.92. The third-order valence-electron chi connectivity index (χ3n) is 4.57. The van der Waals surface area contributed by atoms with Crippen molar-refractivity contribution in [3.05, 3.63) is 96.1 Å². The Morgan fingerprint density at radius 3 is 1.42 bits per heavy atom. The van der Waals surface area contributed by atoms with Crippen LogP contribution in [0.3, 0.4) is 0 Å². The third kappa shape index (κ3) is 8.60. The van der Waals surface area contributed by atoms with Gasteiger partial charge in [-0.3, -0.25) is 0 Å². The molecule has 0 aliphatic rings. The standard InChI is InChI=1S/C30H28O8/c1-17(2)27(31)35-23-12-11-22(26(16-23)38-30(34)20(7)8)10-9-21-13-24(36-28(32)18(3)4)15-25(14-21)37-29(33)19(5)6/h9-16H,1,3,5,7H2,2,4,6,8H3/b10-9+. The lowest BCUT2D eigenvalue weighted by atomic mass is 10.1. The van der Waals surface area contributed by atoms with E-state index < -0.39 is 23.9 Å². The van der Waals surface area contributed by atoms with E-state index in [-0.39, 0.29) is 45.3 Å². The molecule has 0 saturated heterocycles. The van der Waals surface area contributed by atoms with E-state index in [1.807, 2.05) is 0 Å². The summed E-state index contributed by atoms with van der Waals surface area (Å²) in [5.74, 6) is -2.16. The molecule has 0 bridgehead atoms. The third-order valence-corrected chi connectivity index (χ3v) is 4.57. The summed E-state index contributed by atoms with van der Waals surface area (Å²) in [5, 5.41) is 0.